The first-order valence-corrected chi connectivity index (χ1v) is 4.86. The maximum Gasteiger partial charge on any atom is 0.303 e. The Labute approximate surface area is 92.6 Å². The summed E-state index contributed by atoms with van der Waals surface area (Å²) in [5.74, 6) is -0.426. The van der Waals surface area contributed by atoms with Crippen LogP contribution in [0.2, 0.25) is 5.02 Å². The zero-order chi connectivity index (χ0) is 11.3. The van der Waals surface area contributed by atoms with Gasteiger partial charge in [-0.25, -0.2) is 0 Å². The average molecular weight is 230 g/mol. The van der Waals surface area contributed by atoms with E-state index in [4.69, 9.17) is 27.2 Å². The van der Waals surface area contributed by atoms with Crippen LogP contribution in [0, 0.1) is 0 Å². The van der Waals surface area contributed by atoms with Gasteiger partial charge in [-0.15, -0.1) is 0 Å². The molecule has 1 aromatic carbocycles. The number of carboxylic acid groups (broad SMARTS) is 1. The second-order valence-corrected chi connectivity index (χ2v) is 3.43. The van der Waals surface area contributed by atoms with Gasteiger partial charge in [-0.2, -0.15) is 0 Å². The largest absolute Gasteiger partial charge is 0.481 e. The number of carboxylic acids is 1. The average Bonchev–Trinajstić information content (AvgIpc) is 2.18. The molecule has 0 radical (unpaired) electrons. The van der Waals surface area contributed by atoms with Crippen LogP contribution in [-0.4, -0.2) is 17.3 Å². The summed E-state index contributed by atoms with van der Waals surface area (Å²) < 4.78 is 5.28. The molecule has 0 saturated heterocycles. The molecule has 5 heteroatoms. The number of ether oxygens (including phenoxy) is 1. The first kappa shape index (κ1) is 11.8. The van der Waals surface area contributed by atoms with E-state index < -0.39 is 12.2 Å². The van der Waals surface area contributed by atoms with Crippen molar-refractivity contribution < 1.29 is 14.6 Å². The minimum atomic E-state index is -0.895. The molecule has 82 valence electrons. The van der Waals surface area contributed by atoms with Crippen LogP contribution >= 0.6 is 11.6 Å². The van der Waals surface area contributed by atoms with Crippen LogP contribution in [0.3, 0.4) is 0 Å². The van der Waals surface area contributed by atoms with Crippen molar-refractivity contribution in [3.63, 3.8) is 0 Å². The van der Waals surface area contributed by atoms with Gasteiger partial charge in [0.15, 0.2) is 0 Å². The molecule has 1 atom stereocenters. The molecule has 0 heterocycles. The fourth-order valence-corrected chi connectivity index (χ4v) is 1.21. The predicted octanol–water partition coefficient (Wildman–Crippen LogP) is 1.87. The number of nitrogens with two attached hydrogens (primary N) is 1. The number of hydrogen-bond donors (Lipinski definition) is 2. The van der Waals surface area contributed by atoms with E-state index in [2.05, 4.69) is 0 Å². The fraction of sp³-hybridized carbons (Fsp3) is 0.300. The van der Waals surface area contributed by atoms with Crippen molar-refractivity contribution in [1.82, 2.24) is 0 Å². The van der Waals surface area contributed by atoms with E-state index >= 15 is 0 Å². The summed E-state index contributed by atoms with van der Waals surface area (Å²) >= 11 is 5.83. The number of halogens is 1. The first-order chi connectivity index (χ1) is 7.09. The first-order valence-electron chi connectivity index (χ1n) is 4.48. The van der Waals surface area contributed by atoms with Crippen molar-refractivity contribution in [2.45, 2.75) is 19.1 Å². The van der Waals surface area contributed by atoms with Gasteiger partial charge in [0.05, 0.1) is 11.4 Å². The molecular formula is C10H12ClNO3. The van der Waals surface area contributed by atoms with Gasteiger partial charge >= 0.3 is 5.97 Å². The Bertz CT molecular complexity index is 343. The van der Waals surface area contributed by atoms with E-state index in [1.54, 1.807) is 24.3 Å². The predicted molar refractivity (Wildman–Crippen MR) is 56.9 cm³/mol. The van der Waals surface area contributed by atoms with E-state index in [9.17, 15) is 4.79 Å². The zero-order valence-electron chi connectivity index (χ0n) is 8.02. The molecule has 0 aliphatic carbocycles. The quantitative estimate of drug-likeness (QED) is 0.756. The molecule has 0 fully saturated rings. The molecule has 0 saturated carbocycles. The lowest BCUT2D eigenvalue weighted by Gasteiger charge is -2.14. The highest BCUT2D eigenvalue weighted by atomic mass is 35.5. The number of benzene rings is 1. The summed E-state index contributed by atoms with van der Waals surface area (Å²) in [5.41, 5.74) is 5.58. The third-order valence-electron chi connectivity index (χ3n) is 1.76. The standard InChI is InChI=1S/C10H12ClNO3/c11-7-3-1-2-4-8(7)15-9(12)5-6-10(13)14/h1-4,9H,5-6,12H2,(H,13,14). The van der Waals surface area contributed by atoms with Crippen LogP contribution in [0.25, 0.3) is 0 Å². The Balaban J connectivity index is 2.47. The Morgan fingerprint density at radius 1 is 1.53 bits per heavy atom. The van der Waals surface area contributed by atoms with Gasteiger partial charge < -0.3 is 9.84 Å². The third kappa shape index (κ3) is 4.18. The third-order valence-corrected chi connectivity index (χ3v) is 2.07. The lowest BCUT2D eigenvalue weighted by Crippen LogP contribution is -2.27. The Morgan fingerprint density at radius 3 is 2.80 bits per heavy atom. The highest BCUT2D eigenvalue weighted by Gasteiger charge is 2.08. The fourth-order valence-electron chi connectivity index (χ4n) is 1.03. The lowest BCUT2D eigenvalue weighted by molar-refractivity contribution is -0.137. The van der Waals surface area contributed by atoms with Crippen LogP contribution in [0.4, 0.5) is 0 Å². The Kier molecular flexibility index (Phi) is 4.39. The highest BCUT2D eigenvalue weighted by Crippen LogP contribution is 2.24. The summed E-state index contributed by atoms with van der Waals surface area (Å²) in [6, 6.07) is 6.91. The van der Waals surface area contributed by atoms with Crippen molar-refractivity contribution in [3.8, 4) is 5.75 Å². The minimum Gasteiger partial charge on any atom is -0.481 e. The van der Waals surface area contributed by atoms with Crippen LogP contribution in [0.15, 0.2) is 24.3 Å². The van der Waals surface area contributed by atoms with Crippen LogP contribution in [0.1, 0.15) is 12.8 Å². The molecule has 0 aliphatic rings. The molecule has 1 rings (SSSR count). The van der Waals surface area contributed by atoms with Gasteiger partial charge in [-0.3, -0.25) is 10.5 Å². The normalized spacial score (nSPS) is 12.1. The number of para-hydroxylation sites is 1. The van der Waals surface area contributed by atoms with E-state index in [0.29, 0.717) is 10.8 Å². The molecule has 0 aromatic heterocycles. The smallest absolute Gasteiger partial charge is 0.303 e. The molecular weight excluding hydrogens is 218 g/mol. The molecule has 0 aliphatic heterocycles. The molecule has 0 bridgehead atoms. The van der Waals surface area contributed by atoms with Crippen molar-refractivity contribution in [1.29, 1.82) is 0 Å². The summed E-state index contributed by atoms with van der Waals surface area (Å²) in [6.45, 7) is 0. The second kappa shape index (κ2) is 5.58. The molecule has 4 nitrogen and oxygen atoms in total. The van der Waals surface area contributed by atoms with E-state index in [1.165, 1.54) is 0 Å². The van der Waals surface area contributed by atoms with E-state index in [0.717, 1.165) is 0 Å². The van der Waals surface area contributed by atoms with Crippen molar-refractivity contribution in [3.05, 3.63) is 29.3 Å². The number of aliphatic carboxylic acids is 1. The van der Waals surface area contributed by atoms with Gasteiger partial charge in [0.2, 0.25) is 0 Å². The summed E-state index contributed by atoms with van der Waals surface area (Å²) in [7, 11) is 0. The number of hydrogen-bond acceptors (Lipinski definition) is 3. The monoisotopic (exact) mass is 229 g/mol. The lowest BCUT2D eigenvalue weighted by atomic mass is 10.3. The van der Waals surface area contributed by atoms with Gasteiger partial charge in [-0.05, 0) is 12.1 Å². The van der Waals surface area contributed by atoms with E-state index in [1.807, 2.05) is 0 Å². The SMILES string of the molecule is NC(CCC(=O)O)Oc1ccccc1Cl. The summed E-state index contributed by atoms with van der Waals surface area (Å²) in [4.78, 5) is 10.3. The maximum atomic E-state index is 10.3. The molecule has 3 N–H and O–H groups in total. The van der Waals surface area contributed by atoms with Gasteiger partial charge in [0.1, 0.15) is 12.0 Å². The Morgan fingerprint density at radius 2 is 2.20 bits per heavy atom. The number of rotatable bonds is 5. The second-order valence-electron chi connectivity index (χ2n) is 3.02. The molecule has 1 aromatic rings. The summed E-state index contributed by atoms with van der Waals surface area (Å²) in [5, 5.41) is 8.91. The molecule has 0 amide bonds. The van der Waals surface area contributed by atoms with Crippen LogP contribution < -0.4 is 10.5 Å². The van der Waals surface area contributed by atoms with Crippen LogP contribution in [0.5, 0.6) is 5.75 Å². The van der Waals surface area contributed by atoms with Crippen LogP contribution in [-0.2, 0) is 4.79 Å². The summed E-state index contributed by atoms with van der Waals surface area (Å²) in [6.07, 6.45) is -0.424. The number of carbonyl (C=O) groups is 1. The van der Waals surface area contributed by atoms with Crippen molar-refractivity contribution in [2.24, 2.45) is 5.73 Å². The topological polar surface area (TPSA) is 72.6 Å². The van der Waals surface area contributed by atoms with E-state index in [-0.39, 0.29) is 12.8 Å². The molecule has 15 heavy (non-hydrogen) atoms. The highest BCUT2D eigenvalue weighted by molar-refractivity contribution is 6.32. The minimum absolute atomic E-state index is 0.0222. The van der Waals surface area contributed by atoms with Gasteiger partial charge in [0.25, 0.3) is 0 Å². The zero-order valence-corrected chi connectivity index (χ0v) is 8.78. The molecule has 0 spiro atoms. The maximum absolute atomic E-state index is 10.3. The molecule has 1 unspecified atom stereocenters. The van der Waals surface area contributed by atoms with Gasteiger partial charge in [0, 0.05) is 6.42 Å². The van der Waals surface area contributed by atoms with Gasteiger partial charge in [-0.1, -0.05) is 23.7 Å². The van der Waals surface area contributed by atoms with Crippen molar-refractivity contribution in [2.75, 3.05) is 0 Å². The van der Waals surface area contributed by atoms with Crippen molar-refractivity contribution >= 4 is 17.6 Å². The Hall–Kier alpha value is -1.26.